The number of non-ortho nitro benzene ring substituents is 1. The summed E-state index contributed by atoms with van der Waals surface area (Å²) in [5, 5.41) is 13.2. The lowest BCUT2D eigenvalue weighted by molar-refractivity contribution is -0.384. The van der Waals surface area contributed by atoms with Crippen LogP contribution >= 0.6 is 0 Å². The summed E-state index contributed by atoms with van der Waals surface area (Å²) in [6.07, 6.45) is 3.08. The van der Waals surface area contributed by atoms with E-state index in [1.165, 1.54) is 12.1 Å². The third kappa shape index (κ3) is 6.07. The second kappa shape index (κ2) is 6.88. The Morgan fingerprint density at radius 1 is 1.43 bits per heavy atom. The maximum absolute atomic E-state index is 11.4. The number of benzene rings is 1. The van der Waals surface area contributed by atoms with Gasteiger partial charge in [0.15, 0.2) is 0 Å². The van der Waals surface area contributed by atoms with Crippen LogP contribution in [0.4, 0.5) is 10.5 Å². The highest BCUT2D eigenvalue weighted by atomic mass is 16.6. The summed E-state index contributed by atoms with van der Waals surface area (Å²) in [4.78, 5) is 21.6. The van der Waals surface area contributed by atoms with Crippen molar-refractivity contribution in [2.45, 2.75) is 33.3 Å². The van der Waals surface area contributed by atoms with E-state index in [0.29, 0.717) is 6.54 Å². The fourth-order valence-electron chi connectivity index (χ4n) is 1.60. The van der Waals surface area contributed by atoms with Crippen LogP contribution in [0.25, 0.3) is 6.08 Å². The zero-order chi connectivity index (χ0) is 16.0. The molecule has 114 valence electrons. The zero-order valence-corrected chi connectivity index (χ0v) is 12.7. The lowest BCUT2D eigenvalue weighted by Crippen LogP contribution is -2.32. The van der Waals surface area contributed by atoms with Gasteiger partial charge in [-0.2, -0.15) is 0 Å². The van der Waals surface area contributed by atoms with E-state index in [1.807, 2.05) is 0 Å². The SMILES string of the molecule is Cc1cc([N+](=O)[O-])ccc1C=CCNC(=O)OC(C)(C)C. The molecule has 0 bridgehead atoms. The number of nitro groups is 1. The highest BCUT2D eigenvalue weighted by Crippen LogP contribution is 2.18. The normalized spacial score (nSPS) is 11.4. The molecule has 0 aliphatic carbocycles. The zero-order valence-electron chi connectivity index (χ0n) is 12.7. The Bertz CT molecular complexity index is 559. The summed E-state index contributed by atoms with van der Waals surface area (Å²) in [6.45, 7) is 7.51. The Balaban J connectivity index is 2.54. The first kappa shape index (κ1) is 16.7. The number of nitro benzene ring substituents is 1. The molecular formula is C15H20N2O4. The van der Waals surface area contributed by atoms with Crippen LogP contribution in [-0.2, 0) is 4.74 Å². The molecule has 1 aromatic rings. The standard InChI is InChI=1S/C15H20N2O4/c1-11-10-13(17(19)20)8-7-12(11)6-5-9-16-14(18)21-15(2,3)4/h5-8,10H,9H2,1-4H3,(H,16,18). The number of nitrogens with one attached hydrogen (secondary N) is 1. The van der Waals surface area contributed by atoms with Gasteiger partial charge in [0.2, 0.25) is 0 Å². The van der Waals surface area contributed by atoms with Crippen molar-refractivity contribution in [3.8, 4) is 0 Å². The molecule has 0 aliphatic heterocycles. The highest BCUT2D eigenvalue weighted by Gasteiger charge is 2.15. The third-order valence-electron chi connectivity index (χ3n) is 2.52. The molecule has 0 radical (unpaired) electrons. The third-order valence-corrected chi connectivity index (χ3v) is 2.52. The first-order valence-corrected chi connectivity index (χ1v) is 6.57. The molecule has 0 atom stereocenters. The Morgan fingerprint density at radius 2 is 2.10 bits per heavy atom. The van der Waals surface area contributed by atoms with Crippen LogP contribution in [0.1, 0.15) is 31.9 Å². The summed E-state index contributed by atoms with van der Waals surface area (Å²) in [5.74, 6) is 0. The van der Waals surface area contributed by atoms with E-state index in [0.717, 1.165) is 11.1 Å². The van der Waals surface area contributed by atoms with Crippen molar-refractivity contribution in [3.63, 3.8) is 0 Å². The second-order valence-electron chi connectivity index (χ2n) is 5.58. The van der Waals surface area contributed by atoms with Crippen molar-refractivity contribution in [1.82, 2.24) is 5.32 Å². The Labute approximate surface area is 124 Å². The number of aryl methyl sites for hydroxylation is 1. The maximum atomic E-state index is 11.4. The van der Waals surface area contributed by atoms with Gasteiger partial charge in [0.05, 0.1) is 4.92 Å². The van der Waals surface area contributed by atoms with Crippen LogP contribution in [0, 0.1) is 17.0 Å². The molecule has 6 nitrogen and oxygen atoms in total. The predicted octanol–water partition coefficient (Wildman–Crippen LogP) is 3.44. The molecule has 0 fully saturated rings. The quantitative estimate of drug-likeness (QED) is 0.680. The summed E-state index contributed by atoms with van der Waals surface area (Å²) < 4.78 is 5.10. The molecule has 1 amide bonds. The van der Waals surface area contributed by atoms with Crippen molar-refractivity contribution in [1.29, 1.82) is 0 Å². The molecule has 1 N–H and O–H groups in total. The van der Waals surface area contributed by atoms with Crippen LogP contribution in [0.2, 0.25) is 0 Å². The molecule has 0 aromatic heterocycles. The number of ether oxygens (including phenoxy) is 1. The fourth-order valence-corrected chi connectivity index (χ4v) is 1.60. The molecule has 21 heavy (non-hydrogen) atoms. The van der Waals surface area contributed by atoms with Gasteiger partial charge in [-0.15, -0.1) is 0 Å². The van der Waals surface area contributed by atoms with Gasteiger partial charge in [-0.25, -0.2) is 4.79 Å². The number of carbonyl (C=O) groups excluding carboxylic acids is 1. The van der Waals surface area contributed by atoms with Crippen molar-refractivity contribution in [2.75, 3.05) is 6.54 Å². The predicted molar refractivity (Wildman–Crippen MR) is 81.1 cm³/mol. The molecule has 0 saturated carbocycles. The molecular weight excluding hydrogens is 272 g/mol. The lowest BCUT2D eigenvalue weighted by Gasteiger charge is -2.19. The number of hydrogen-bond donors (Lipinski definition) is 1. The van der Waals surface area contributed by atoms with Crippen LogP contribution < -0.4 is 5.32 Å². The average Bonchev–Trinajstić information content (AvgIpc) is 2.33. The number of hydrogen-bond acceptors (Lipinski definition) is 4. The van der Waals surface area contributed by atoms with Gasteiger partial charge < -0.3 is 10.1 Å². The summed E-state index contributed by atoms with van der Waals surface area (Å²) in [5.41, 5.74) is 1.21. The van der Waals surface area contributed by atoms with Crippen LogP contribution in [0.5, 0.6) is 0 Å². The van der Waals surface area contributed by atoms with Crippen molar-refractivity contribution < 1.29 is 14.5 Å². The molecule has 1 rings (SSSR count). The van der Waals surface area contributed by atoms with Crippen molar-refractivity contribution in [2.24, 2.45) is 0 Å². The molecule has 1 aromatic carbocycles. The molecule has 6 heteroatoms. The minimum Gasteiger partial charge on any atom is -0.444 e. The van der Waals surface area contributed by atoms with Gasteiger partial charge in [0, 0.05) is 18.7 Å². The maximum Gasteiger partial charge on any atom is 0.407 e. The van der Waals surface area contributed by atoms with Crippen molar-refractivity contribution in [3.05, 3.63) is 45.5 Å². The number of nitrogens with zero attached hydrogens (tertiary/aromatic N) is 1. The van der Waals surface area contributed by atoms with E-state index in [2.05, 4.69) is 5.32 Å². The Morgan fingerprint density at radius 3 is 2.62 bits per heavy atom. The summed E-state index contributed by atoms with van der Waals surface area (Å²) in [6, 6.07) is 4.65. The van der Waals surface area contributed by atoms with E-state index >= 15 is 0 Å². The van der Waals surface area contributed by atoms with Gasteiger partial charge in [-0.1, -0.05) is 12.2 Å². The second-order valence-corrected chi connectivity index (χ2v) is 5.58. The summed E-state index contributed by atoms with van der Waals surface area (Å²) in [7, 11) is 0. The Kier molecular flexibility index (Phi) is 5.46. The highest BCUT2D eigenvalue weighted by molar-refractivity contribution is 5.68. The monoisotopic (exact) mass is 292 g/mol. The van der Waals surface area contributed by atoms with E-state index in [1.54, 1.807) is 45.9 Å². The average molecular weight is 292 g/mol. The lowest BCUT2D eigenvalue weighted by atomic mass is 10.1. The van der Waals surface area contributed by atoms with Gasteiger partial charge in [-0.05, 0) is 44.9 Å². The van der Waals surface area contributed by atoms with E-state index in [9.17, 15) is 14.9 Å². The van der Waals surface area contributed by atoms with Gasteiger partial charge in [-0.3, -0.25) is 10.1 Å². The first-order valence-electron chi connectivity index (χ1n) is 6.57. The smallest absolute Gasteiger partial charge is 0.407 e. The molecule has 0 spiro atoms. The van der Waals surface area contributed by atoms with Crippen LogP contribution in [0.15, 0.2) is 24.3 Å². The first-order chi connectivity index (χ1) is 9.69. The molecule has 0 aliphatic rings. The summed E-state index contributed by atoms with van der Waals surface area (Å²) >= 11 is 0. The number of rotatable bonds is 4. The minimum atomic E-state index is -0.525. The molecule has 0 unspecified atom stereocenters. The molecule has 0 saturated heterocycles. The number of alkyl carbamates (subject to hydrolysis) is 1. The Hall–Kier alpha value is -2.37. The topological polar surface area (TPSA) is 81.5 Å². The van der Waals surface area contributed by atoms with Crippen LogP contribution in [-0.4, -0.2) is 23.2 Å². The van der Waals surface area contributed by atoms with Gasteiger partial charge in [0.1, 0.15) is 5.60 Å². The minimum absolute atomic E-state index is 0.0662. The largest absolute Gasteiger partial charge is 0.444 e. The fraction of sp³-hybridized carbons (Fsp3) is 0.400. The molecule has 0 heterocycles. The number of amides is 1. The van der Waals surface area contributed by atoms with Gasteiger partial charge >= 0.3 is 6.09 Å². The number of carbonyl (C=O) groups is 1. The van der Waals surface area contributed by atoms with Crippen LogP contribution in [0.3, 0.4) is 0 Å². The van der Waals surface area contributed by atoms with E-state index in [-0.39, 0.29) is 5.69 Å². The van der Waals surface area contributed by atoms with E-state index in [4.69, 9.17) is 4.74 Å². The van der Waals surface area contributed by atoms with Gasteiger partial charge in [0.25, 0.3) is 5.69 Å². The van der Waals surface area contributed by atoms with Crippen molar-refractivity contribution >= 4 is 17.9 Å². The van der Waals surface area contributed by atoms with E-state index < -0.39 is 16.6 Å².